The van der Waals surface area contributed by atoms with Crippen molar-refractivity contribution in [3.05, 3.63) is 12.2 Å². The van der Waals surface area contributed by atoms with Crippen LogP contribution in [-0.2, 0) is 0 Å². The van der Waals surface area contributed by atoms with Crippen LogP contribution in [0.1, 0.15) is 20.8 Å². The highest BCUT2D eigenvalue weighted by molar-refractivity contribution is 5.87. The fraction of sp³-hybridized carbons (Fsp3) is 0.500. The van der Waals surface area contributed by atoms with Crippen molar-refractivity contribution < 1.29 is 4.79 Å². The minimum atomic E-state index is -0.650. The van der Waals surface area contributed by atoms with Crippen molar-refractivity contribution in [2.45, 2.75) is 20.8 Å². The summed E-state index contributed by atoms with van der Waals surface area (Å²) in [5, 5.41) is 3.78. The molecule has 0 saturated carbocycles. The number of hydrogen-bond donors (Lipinski definition) is 2. The number of allylic oxidation sites excluding steroid dienone is 1. The zero-order chi connectivity index (χ0) is 9.72. The van der Waals surface area contributed by atoms with Gasteiger partial charge in [0.1, 0.15) is 0 Å². The maximum Gasteiger partial charge on any atom is 0.332 e. The van der Waals surface area contributed by atoms with Crippen molar-refractivity contribution in [2.24, 2.45) is 16.8 Å². The molecule has 1 unspecified atom stereocenters. The average molecular weight is 169 g/mol. The normalized spacial score (nSPS) is 13.8. The minimum absolute atomic E-state index is 0.164. The third-order valence-electron chi connectivity index (χ3n) is 1.71. The lowest BCUT2D eigenvalue weighted by Gasteiger charge is -2.09. The van der Waals surface area contributed by atoms with Gasteiger partial charge in [0, 0.05) is 11.6 Å². The average Bonchev–Trinajstić information content (AvgIpc) is 1.98. The molecule has 0 rings (SSSR count). The Bertz CT molecular complexity index is 220. The summed E-state index contributed by atoms with van der Waals surface area (Å²) in [4.78, 5) is 10.3. The van der Waals surface area contributed by atoms with Crippen molar-refractivity contribution >= 4 is 11.7 Å². The Labute approximate surface area is 72.5 Å². The molecule has 0 bridgehead atoms. The summed E-state index contributed by atoms with van der Waals surface area (Å²) >= 11 is 0. The molecule has 1 atom stereocenters. The summed E-state index contributed by atoms with van der Waals surface area (Å²) in [6.45, 7) is 9.47. The van der Waals surface area contributed by atoms with Crippen LogP contribution in [0.25, 0.3) is 0 Å². The smallest absolute Gasteiger partial charge is 0.332 e. The van der Waals surface area contributed by atoms with Gasteiger partial charge in [0.2, 0.25) is 0 Å². The molecule has 0 spiro atoms. The van der Waals surface area contributed by atoms with E-state index in [9.17, 15) is 4.79 Å². The van der Waals surface area contributed by atoms with Crippen LogP contribution in [0.4, 0.5) is 4.79 Å². The third-order valence-corrected chi connectivity index (χ3v) is 1.71. The molecule has 4 heteroatoms. The number of primary amides is 1. The Morgan fingerprint density at radius 2 is 2.08 bits per heavy atom. The van der Waals surface area contributed by atoms with E-state index >= 15 is 0 Å². The first-order chi connectivity index (χ1) is 5.45. The zero-order valence-electron chi connectivity index (χ0n) is 7.72. The van der Waals surface area contributed by atoms with Crippen LogP contribution in [-0.4, -0.2) is 11.7 Å². The van der Waals surface area contributed by atoms with Crippen molar-refractivity contribution in [1.29, 1.82) is 0 Å². The lowest BCUT2D eigenvalue weighted by atomic mass is 10.0. The molecular formula is C8H15N3O. The Morgan fingerprint density at radius 1 is 1.58 bits per heavy atom. The zero-order valence-corrected chi connectivity index (χ0v) is 7.72. The van der Waals surface area contributed by atoms with Crippen LogP contribution in [0.2, 0.25) is 0 Å². The number of carbonyl (C=O) groups is 1. The second-order valence-electron chi connectivity index (χ2n) is 2.80. The number of hydrogen-bond acceptors (Lipinski definition) is 2. The van der Waals surface area contributed by atoms with Crippen LogP contribution in [0.3, 0.4) is 0 Å². The topological polar surface area (TPSA) is 67.5 Å². The Hall–Kier alpha value is -1.32. The van der Waals surface area contributed by atoms with Gasteiger partial charge in [0.05, 0.1) is 0 Å². The molecule has 0 saturated heterocycles. The second-order valence-corrected chi connectivity index (χ2v) is 2.80. The number of urea groups is 1. The van der Waals surface area contributed by atoms with E-state index in [1.807, 2.05) is 20.8 Å². The maximum atomic E-state index is 10.3. The van der Waals surface area contributed by atoms with Crippen LogP contribution in [0, 0.1) is 5.92 Å². The highest BCUT2D eigenvalue weighted by Crippen LogP contribution is 2.08. The first kappa shape index (κ1) is 10.7. The van der Waals surface area contributed by atoms with Crippen molar-refractivity contribution in [3.63, 3.8) is 0 Å². The summed E-state index contributed by atoms with van der Waals surface area (Å²) in [5.41, 5.74) is 8.80. The van der Waals surface area contributed by atoms with Crippen molar-refractivity contribution in [2.75, 3.05) is 0 Å². The molecule has 0 aromatic carbocycles. The molecule has 68 valence electrons. The molecule has 0 aliphatic heterocycles. The quantitative estimate of drug-likeness (QED) is 0.372. The highest BCUT2D eigenvalue weighted by atomic mass is 16.2. The minimum Gasteiger partial charge on any atom is -0.350 e. The molecule has 0 radical (unpaired) electrons. The number of nitrogens with zero attached hydrogens (tertiary/aromatic N) is 1. The Balaban J connectivity index is 4.17. The van der Waals surface area contributed by atoms with Gasteiger partial charge < -0.3 is 5.73 Å². The Morgan fingerprint density at radius 3 is 2.42 bits per heavy atom. The third kappa shape index (κ3) is 3.75. The fourth-order valence-corrected chi connectivity index (χ4v) is 0.597. The van der Waals surface area contributed by atoms with E-state index < -0.39 is 6.03 Å². The molecule has 12 heavy (non-hydrogen) atoms. The molecule has 2 amide bonds. The van der Waals surface area contributed by atoms with Crippen LogP contribution >= 0.6 is 0 Å². The first-order valence-electron chi connectivity index (χ1n) is 3.70. The standard InChI is InChI=1S/C8H15N3O/c1-5(2)6(3)7(4)10-11-8(9)12/h6H,1H2,2-4H3,(H3,9,11,12). The molecule has 0 aliphatic carbocycles. The van der Waals surface area contributed by atoms with Gasteiger partial charge in [0.25, 0.3) is 0 Å². The van der Waals surface area contributed by atoms with Gasteiger partial charge in [-0.25, -0.2) is 10.2 Å². The molecule has 0 aliphatic rings. The number of carbonyl (C=O) groups excluding carboxylic acids is 1. The van der Waals surface area contributed by atoms with Gasteiger partial charge in [-0.1, -0.05) is 19.1 Å². The molecule has 0 fully saturated rings. The Kier molecular flexibility index (Phi) is 4.04. The van der Waals surface area contributed by atoms with Gasteiger partial charge in [-0.2, -0.15) is 5.10 Å². The lowest BCUT2D eigenvalue weighted by Crippen LogP contribution is -2.26. The van der Waals surface area contributed by atoms with E-state index in [0.717, 1.165) is 11.3 Å². The SMILES string of the molecule is C=C(C)C(C)C(C)=NNC(N)=O. The van der Waals surface area contributed by atoms with E-state index in [1.54, 1.807) is 0 Å². The summed E-state index contributed by atoms with van der Waals surface area (Å²) < 4.78 is 0. The monoisotopic (exact) mass is 169 g/mol. The van der Waals surface area contributed by atoms with Crippen molar-refractivity contribution in [1.82, 2.24) is 5.43 Å². The summed E-state index contributed by atoms with van der Waals surface area (Å²) in [7, 11) is 0. The van der Waals surface area contributed by atoms with Crippen molar-refractivity contribution in [3.8, 4) is 0 Å². The lowest BCUT2D eigenvalue weighted by molar-refractivity contribution is 0.249. The molecule has 4 nitrogen and oxygen atoms in total. The number of rotatable bonds is 3. The number of hydrazone groups is 1. The van der Waals surface area contributed by atoms with Crippen LogP contribution in [0.15, 0.2) is 17.3 Å². The van der Waals surface area contributed by atoms with E-state index in [1.165, 1.54) is 0 Å². The number of amides is 2. The van der Waals surface area contributed by atoms with E-state index in [4.69, 9.17) is 5.73 Å². The van der Waals surface area contributed by atoms with Gasteiger partial charge in [-0.15, -0.1) is 0 Å². The molecular weight excluding hydrogens is 154 g/mol. The molecule has 0 heterocycles. The summed E-state index contributed by atoms with van der Waals surface area (Å²) in [5.74, 6) is 0.164. The van der Waals surface area contributed by atoms with E-state index in [-0.39, 0.29) is 5.92 Å². The number of nitrogens with one attached hydrogen (secondary N) is 1. The summed E-state index contributed by atoms with van der Waals surface area (Å²) in [6, 6.07) is -0.650. The van der Waals surface area contributed by atoms with Crippen LogP contribution < -0.4 is 11.2 Å². The fourth-order valence-electron chi connectivity index (χ4n) is 0.597. The number of nitrogens with two attached hydrogens (primary N) is 1. The van der Waals surface area contributed by atoms with Gasteiger partial charge in [-0.3, -0.25) is 0 Å². The molecule has 3 N–H and O–H groups in total. The van der Waals surface area contributed by atoms with E-state index in [0.29, 0.717) is 0 Å². The first-order valence-corrected chi connectivity index (χ1v) is 3.70. The molecule has 0 aromatic heterocycles. The maximum absolute atomic E-state index is 10.3. The van der Waals surface area contributed by atoms with E-state index in [2.05, 4.69) is 17.1 Å². The summed E-state index contributed by atoms with van der Waals surface area (Å²) in [6.07, 6.45) is 0. The predicted molar refractivity (Wildman–Crippen MR) is 49.8 cm³/mol. The second kappa shape index (κ2) is 4.54. The highest BCUT2D eigenvalue weighted by Gasteiger charge is 2.05. The van der Waals surface area contributed by atoms with Gasteiger partial charge in [-0.05, 0) is 13.8 Å². The van der Waals surface area contributed by atoms with Gasteiger partial charge >= 0.3 is 6.03 Å². The van der Waals surface area contributed by atoms with Gasteiger partial charge in [0.15, 0.2) is 0 Å². The molecule has 0 aromatic rings. The largest absolute Gasteiger partial charge is 0.350 e. The predicted octanol–water partition coefficient (Wildman–Crippen LogP) is 1.24. The van der Waals surface area contributed by atoms with Crippen LogP contribution in [0.5, 0.6) is 0 Å².